The number of rotatable bonds is 8. The van der Waals surface area contributed by atoms with Gasteiger partial charge < -0.3 is 29.8 Å². The van der Waals surface area contributed by atoms with Gasteiger partial charge in [-0.25, -0.2) is 0 Å². The van der Waals surface area contributed by atoms with Crippen LogP contribution >= 0.6 is 0 Å². The van der Waals surface area contributed by atoms with Crippen molar-refractivity contribution < 1.29 is 24.1 Å². The average molecular weight is 271 g/mol. The molecule has 6 nitrogen and oxygen atoms in total. The van der Waals surface area contributed by atoms with Crippen molar-refractivity contribution in [3.63, 3.8) is 0 Å². The monoisotopic (exact) mass is 271 g/mol. The molecular formula is C13H21NO5. The van der Waals surface area contributed by atoms with E-state index in [0.717, 1.165) is 5.56 Å². The van der Waals surface area contributed by atoms with Crippen molar-refractivity contribution in [1.29, 1.82) is 0 Å². The van der Waals surface area contributed by atoms with E-state index in [1.165, 1.54) is 0 Å². The van der Waals surface area contributed by atoms with Gasteiger partial charge in [0.05, 0.1) is 40.6 Å². The fraction of sp³-hybridized carbons (Fsp3) is 0.538. The van der Waals surface area contributed by atoms with Crippen molar-refractivity contribution in [2.45, 2.75) is 12.7 Å². The van der Waals surface area contributed by atoms with Crippen LogP contribution in [0.5, 0.6) is 17.2 Å². The molecule has 0 radical (unpaired) electrons. The molecule has 0 aliphatic carbocycles. The third-order valence-corrected chi connectivity index (χ3v) is 2.63. The molecule has 0 aromatic heterocycles. The lowest BCUT2D eigenvalue weighted by molar-refractivity contribution is 0.0321. The molecule has 19 heavy (non-hydrogen) atoms. The highest BCUT2D eigenvalue weighted by atomic mass is 16.5. The lowest BCUT2D eigenvalue weighted by Crippen LogP contribution is -2.25. The smallest absolute Gasteiger partial charge is 0.164 e. The number of hydrogen-bond donors (Lipinski definition) is 2. The van der Waals surface area contributed by atoms with Crippen LogP contribution in [-0.2, 0) is 11.3 Å². The van der Waals surface area contributed by atoms with Gasteiger partial charge in [-0.2, -0.15) is 0 Å². The van der Waals surface area contributed by atoms with Crippen LogP contribution in [0.15, 0.2) is 12.1 Å². The minimum atomic E-state index is -0.661. The number of aliphatic hydroxyl groups is 1. The molecule has 1 aromatic rings. The van der Waals surface area contributed by atoms with E-state index in [-0.39, 0.29) is 13.2 Å². The van der Waals surface area contributed by atoms with Gasteiger partial charge >= 0.3 is 0 Å². The van der Waals surface area contributed by atoms with E-state index in [1.54, 1.807) is 33.5 Å². The van der Waals surface area contributed by atoms with Crippen molar-refractivity contribution in [1.82, 2.24) is 0 Å². The highest BCUT2D eigenvalue weighted by Gasteiger charge is 2.12. The Morgan fingerprint density at radius 3 is 2.16 bits per heavy atom. The number of hydrogen-bond acceptors (Lipinski definition) is 6. The van der Waals surface area contributed by atoms with Crippen LogP contribution in [0.1, 0.15) is 5.56 Å². The van der Waals surface area contributed by atoms with Crippen LogP contribution in [0, 0.1) is 0 Å². The maximum absolute atomic E-state index is 9.32. The second-order valence-electron chi connectivity index (χ2n) is 3.92. The summed E-state index contributed by atoms with van der Waals surface area (Å²) in [7, 11) is 4.69. The Morgan fingerprint density at radius 2 is 1.63 bits per heavy atom. The summed E-state index contributed by atoms with van der Waals surface area (Å²) in [5.74, 6) is 1.83. The topological polar surface area (TPSA) is 83.2 Å². The van der Waals surface area contributed by atoms with Gasteiger partial charge in [-0.1, -0.05) is 0 Å². The number of aliphatic hydroxyl groups excluding tert-OH is 1. The molecule has 3 N–H and O–H groups in total. The van der Waals surface area contributed by atoms with Crippen molar-refractivity contribution in [3.8, 4) is 17.2 Å². The third-order valence-electron chi connectivity index (χ3n) is 2.63. The van der Waals surface area contributed by atoms with Crippen LogP contribution in [0.2, 0.25) is 0 Å². The summed E-state index contributed by atoms with van der Waals surface area (Å²) in [5, 5.41) is 9.32. The maximum atomic E-state index is 9.32. The van der Waals surface area contributed by atoms with Crippen molar-refractivity contribution >= 4 is 0 Å². The second-order valence-corrected chi connectivity index (χ2v) is 3.92. The first kappa shape index (κ1) is 15.6. The van der Waals surface area contributed by atoms with Crippen LogP contribution in [-0.4, -0.2) is 45.7 Å². The van der Waals surface area contributed by atoms with E-state index in [9.17, 15) is 5.11 Å². The predicted octanol–water partition coefficient (Wildman–Crippen LogP) is 0.549. The highest BCUT2D eigenvalue weighted by molar-refractivity contribution is 5.50. The van der Waals surface area contributed by atoms with Gasteiger partial charge in [0.15, 0.2) is 11.5 Å². The van der Waals surface area contributed by atoms with E-state index in [4.69, 9.17) is 24.7 Å². The van der Waals surface area contributed by atoms with Crippen molar-refractivity contribution in [3.05, 3.63) is 17.7 Å². The molecule has 0 aliphatic rings. The summed E-state index contributed by atoms with van der Waals surface area (Å²) < 4.78 is 21.1. The summed E-state index contributed by atoms with van der Waals surface area (Å²) in [5.41, 5.74) is 6.11. The average Bonchev–Trinajstić information content (AvgIpc) is 2.46. The van der Waals surface area contributed by atoms with Gasteiger partial charge in [0.2, 0.25) is 0 Å². The zero-order valence-electron chi connectivity index (χ0n) is 11.5. The van der Waals surface area contributed by atoms with Gasteiger partial charge in [0.1, 0.15) is 5.75 Å². The van der Waals surface area contributed by atoms with Gasteiger partial charge in [-0.3, -0.25) is 0 Å². The Labute approximate surface area is 113 Å². The molecule has 0 unspecified atom stereocenters. The molecule has 6 heteroatoms. The largest absolute Gasteiger partial charge is 0.496 e. The molecule has 0 spiro atoms. The van der Waals surface area contributed by atoms with E-state index < -0.39 is 6.10 Å². The number of benzene rings is 1. The number of methoxy groups -OCH3 is 3. The highest BCUT2D eigenvalue weighted by Crippen LogP contribution is 2.34. The summed E-state index contributed by atoms with van der Waals surface area (Å²) in [6, 6.07) is 3.52. The van der Waals surface area contributed by atoms with E-state index in [0.29, 0.717) is 23.9 Å². The summed E-state index contributed by atoms with van der Waals surface area (Å²) in [6.45, 7) is 0.637. The number of nitrogens with two attached hydrogens (primary N) is 1. The molecule has 0 saturated heterocycles. The normalized spacial score (nSPS) is 12.1. The lowest BCUT2D eigenvalue weighted by Gasteiger charge is -2.15. The van der Waals surface area contributed by atoms with Crippen LogP contribution in [0.25, 0.3) is 0 Å². The van der Waals surface area contributed by atoms with E-state index in [2.05, 4.69) is 0 Å². The Hall–Kier alpha value is -1.50. The fourth-order valence-electron chi connectivity index (χ4n) is 1.58. The molecule has 0 fully saturated rings. The first-order valence-electron chi connectivity index (χ1n) is 5.91. The SMILES string of the molecule is COc1cc(OC)c(OC)cc1COC[C@@H](O)CN. The molecule has 0 amide bonds. The third kappa shape index (κ3) is 4.27. The molecule has 0 aliphatic heterocycles. The molecule has 0 saturated carbocycles. The zero-order chi connectivity index (χ0) is 14.3. The maximum Gasteiger partial charge on any atom is 0.164 e. The quantitative estimate of drug-likeness (QED) is 0.718. The molecule has 1 atom stereocenters. The van der Waals surface area contributed by atoms with E-state index in [1.807, 2.05) is 0 Å². The lowest BCUT2D eigenvalue weighted by atomic mass is 10.2. The second kappa shape index (κ2) is 7.83. The van der Waals surface area contributed by atoms with Crippen molar-refractivity contribution in [2.24, 2.45) is 5.73 Å². The molecular weight excluding hydrogens is 250 g/mol. The molecule has 1 rings (SSSR count). The van der Waals surface area contributed by atoms with Gasteiger partial charge in [0.25, 0.3) is 0 Å². The Kier molecular flexibility index (Phi) is 6.41. The minimum absolute atomic E-state index is 0.170. The van der Waals surface area contributed by atoms with Gasteiger partial charge in [0, 0.05) is 18.2 Å². The minimum Gasteiger partial charge on any atom is -0.496 e. The predicted molar refractivity (Wildman–Crippen MR) is 70.8 cm³/mol. The summed E-state index contributed by atoms with van der Waals surface area (Å²) in [6.07, 6.45) is -0.661. The fourth-order valence-corrected chi connectivity index (χ4v) is 1.58. The van der Waals surface area contributed by atoms with Crippen molar-refractivity contribution in [2.75, 3.05) is 34.5 Å². The van der Waals surface area contributed by atoms with Crippen LogP contribution in [0.4, 0.5) is 0 Å². The summed E-state index contributed by atoms with van der Waals surface area (Å²) in [4.78, 5) is 0. The Bertz CT molecular complexity index is 397. The number of ether oxygens (including phenoxy) is 4. The molecule has 108 valence electrons. The zero-order valence-corrected chi connectivity index (χ0v) is 11.5. The van der Waals surface area contributed by atoms with Crippen LogP contribution in [0.3, 0.4) is 0 Å². The summed E-state index contributed by atoms with van der Waals surface area (Å²) >= 11 is 0. The van der Waals surface area contributed by atoms with Gasteiger partial charge in [-0.05, 0) is 6.07 Å². The van der Waals surface area contributed by atoms with Crippen LogP contribution < -0.4 is 19.9 Å². The molecule has 1 aromatic carbocycles. The Morgan fingerprint density at radius 1 is 1.05 bits per heavy atom. The standard InChI is InChI=1S/C13H21NO5/c1-16-11-5-13(18-3)12(17-2)4-9(11)7-19-8-10(15)6-14/h4-5,10,15H,6-8,14H2,1-3H3/t10-/m0/s1. The molecule has 0 heterocycles. The first-order chi connectivity index (χ1) is 9.15. The van der Waals surface area contributed by atoms with Gasteiger partial charge in [-0.15, -0.1) is 0 Å². The molecule has 0 bridgehead atoms. The van der Waals surface area contributed by atoms with E-state index >= 15 is 0 Å². The Balaban J connectivity index is 2.80. The first-order valence-corrected chi connectivity index (χ1v) is 5.91.